The molecule has 0 heterocycles. The van der Waals surface area contributed by atoms with Crippen molar-refractivity contribution in [2.24, 2.45) is 0 Å². The molecule has 1 amide bonds. The summed E-state index contributed by atoms with van der Waals surface area (Å²) in [6.07, 6.45) is 0.777. The van der Waals surface area contributed by atoms with E-state index in [9.17, 15) is 14.4 Å². The number of hydrogen-bond acceptors (Lipinski definition) is 6. The summed E-state index contributed by atoms with van der Waals surface area (Å²) in [7, 11) is 4.09. The first-order valence-electron chi connectivity index (χ1n) is 8.63. The van der Waals surface area contributed by atoms with Crippen molar-refractivity contribution < 1.29 is 28.6 Å². The highest BCUT2D eigenvalue weighted by Gasteiger charge is 2.15. The van der Waals surface area contributed by atoms with Crippen LogP contribution in [0.15, 0.2) is 36.4 Å². The molecule has 7 heteroatoms. The van der Waals surface area contributed by atoms with Gasteiger partial charge in [0.1, 0.15) is 5.75 Å². The average Bonchev–Trinajstić information content (AvgIpc) is 2.70. The summed E-state index contributed by atoms with van der Waals surface area (Å²) in [4.78, 5) is 36.0. The van der Waals surface area contributed by atoms with Crippen LogP contribution in [0.2, 0.25) is 0 Å². The lowest BCUT2D eigenvalue weighted by Gasteiger charge is -2.10. The van der Waals surface area contributed by atoms with E-state index in [0.29, 0.717) is 12.1 Å². The van der Waals surface area contributed by atoms with E-state index in [-0.39, 0.29) is 23.5 Å². The standard InChI is InChI=1S/C21H23NO6/c1-13-9-14(5-7-18(13)26-2)6-8-19(23)22-17-11-15(20(24)27-3)10-16(12-17)21(25)28-4/h5,7,9-12H,6,8H2,1-4H3,(H,22,23). The minimum atomic E-state index is -0.616. The number of benzene rings is 2. The summed E-state index contributed by atoms with van der Waals surface area (Å²) in [5.74, 6) is -0.681. The predicted octanol–water partition coefficient (Wildman–Crippen LogP) is 3.15. The Morgan fingerprint density at radius 1 is 0.893 bits per heavy atom. The van der Waals surface area contributed by atoms with E-state index in [4.69, 9.17) is 4.74 Å². The Kier molecular flexibility index (Phi) is 7.14. The number of ether oxygens (including phenoxy) is 3. The van der Waals surface area contributed by atoms with Gasteiger partial charge in [0, 0.05) is 12.1 Å². The molecule has 0 aromatic heterocycles. The number of methoxy groups -OCH3 is 3. The van der Waals surface area contributed by atoms with Gasteiger partial charge in [-0.2, -0.15) is 0 Å². The van der Waals surface area contributed by atoms with Gasteiger partial charge in [-0.1, -0.05) is 12.1 Å². The quantitative estimate of drug-likeness (QED) is 0.737. The predicted molar refractivity (Wildman–Crippen MR) is 104 cm³/mol. The van der Waals surface area contributed by atoms with Crippen molar-refractivity contribution in [2.45, 2.75) is 19.8 Å². The molecule has 0 radical (unpaired) electrons. The first-order chi connectivity index (χ1) is 13.4. The van der Waals surface area contributed by atoms with Crippen molar-refractivity contribution in [2.75, 3.05) is 26.6 Å². The second kappa shape index (κ2) is 9.55. The fraction of sp³-hybridized carbons (Fsp3) is 0.286. The molecule has 0 unspecified atom stereocenters. The lowest BCUT2D eigenvalue weighted by molar-refractivity contribution is -0.116. The molecule has 2 aromatic rings. The van der Waals surface area contributed by atoms with E-state index in [2.05, 4.69) is 14.8 Å². The number of amides is 1. The van der Waals surface area contributed by atoms with E-state index in [1.165, 1.54) is 32.4 Å². The molecule has 28 heavy (non-hydrogen) atoms. The van der Waals surface area contributed by atoms with Crippen LogP contribution in [0.1, 0.15) is 38.3 Å². The van der Waals surface area contributed by atoms with Gasteiger partial charge in [0.2, 0.25) is 5.91 Å². The zero-order chi connectivity index (χ0) is 20.7. The molecular weight excluding hydrogens is 362 g/mol. The largest absolute Gasteiger partial charge is 0.496 e. The van der Waals surface area contributed by atoms with Crippen molar-refractivity contribution in [3.63, 3.8) is 0 Å². The molecule has 0 aliphatic rings. The summed E-state index contributed by atoms with van der Waals surface area (Å²) in [6.45, 7) is 1.94. The third-order valence-electron chi connectivity index (χ3n) is 4.16. The minimum absolute atomic E-state index is 0.145. The third kappa shape index (κ3) is 5.33. The Morgan fingerprint density at radius 3 is 2.00 bits per heavy atom. The lowest BCUT2D eigenvalue weighted by Crippen LogP contribution is -2.14. The van der Waals surface area contributed by atoms with Gasteiger partial charge in [-0.3, -0.25) is 4.79 Å². The molecule has 0 bridgehead atoms. The SMILES string of the molecule is COC(=O)c1cc(NC(=O)CCc2ccc(OC)c(C)c2)cc(C(=O)OC)c1. The summed E-state index contributed by atoms with van der Waals surface area (Å²) >= 11 is 0. The van der Waals surface area contributed by atoms with Crippen molar-refractivity contribution >= 4 is 23.5 Å². The zero-order valence-corrected chi connectivity index (χ0v) is 16.3. The first kappa shape index (κ1) is 21.0. The highest BCUT2D eigenvalue weighted by atomic mass is 16.5. The number of carbonyl (C=O) groups excluding carboxylic acids is 3. The van der Waals surface area contributed by atoms with Crippen LogP contribution in [0.5, 0.6) is 5.75 Å². The highest BCUT2D eigenvalue weighted by molar-refractivity contribution is 5.99. The maximum atomic E-state index is 12.3. The molecule has 7 nitrogen and oxygen atoms in total. The Bertz CT molecular complexity index is 856. The van der Waals surface area contributed by atoms with Gasteiger partial charge in [0.15, 0.2) is 0 Å². The number of esters is 2. The van der Waals surface area contributed by atoms with Gasteiger partial charge < -0.3 is 19.5 Å². The monoisotopic (exact) mass is 385 g/mol. The normalized spacial score (nSPS) is 10.1. The summed E-state index contributed by atoms with van der Waals surface area (Å²) in [5, 5.41) is 2.71. The van der Waals surface area contributed by atoms with Crippen molar-refractivity contribution in [3.05, 3.63) is 58.7 Å². The van der Waals surface area contributed by atoms with Crippen LogP contribution >= 0.6 is 0 Å². The van der Waals surface area contributed by atoms with Crippen LogP contribution in [0, 0.1) is 6.92 Å². The Balaban J connectivity index is 2.10. The smallest absolute Gasteiger partial charge is 0.337 e. The van der Waals surface area contributed by atoms with Crippen molar-refractivity contribution in [1.82, 2.24) is 0 Å². The molecular formula is C21H23NO6. The maximum Gasteiger partial charge on any atom is 0.337 e. The number of carbonyl (C=O) groups is 3. The fourth-order valence-electron chi connectivity index (χ4n) is 2.75. The minimum Gasteiger partial charge on any atom is -0.496 e. The van der Waals surface area contributed by atoms with Gasteiger partial charge >= 0.3 is 11.9 Å². The zero-order valence-electron chi connectivity index (χ0n) is 16.3. The molecule has 0 aliphatic heterocycles. The number of nitrogens with one attached hydrogen (secondary N) is 1. The summed E-state index contributed by atoms with van der Waals surface area (Å²) < 4.78 is 14.6. The second-order valence-electron chi connectivity index (χ2n) is 6.13. The Hall–Kier alpha value is -3.35. The van der Waals surface area contributed by atoms with E-state index in [1.54, 1.807) is 7.11 Å². The second-order valence-corrected chi connectivity index (χ2v) is 6.13. The van der Waals surface area contributed by atoms with Crippen LogP contribution in [0.3, 0.4) is 0 Å². The third-order valence-corrected chi connectivity index (χ3v) is 4.16. The topological polar surface area (TPSA) is 90.9 Å². The highest BCUT2D eigenvalue weighted by Crippen LogP contribution is 2.20. The molecule has 0 fully saturated rings. The van der Waals surface area contributed by atoms with Gasteiger partial charge in [0.05, 0.1) is 32.5 Å². The van der Waals surface area contributed by atoms with Crippen LogP contribution in [-0.2, 0) is 20.7 Å². The fourth-order valence-corrected chi connectivity index (χ4v) is 2.75. The van der Waals surface area contributed by atoms with Gasteiger partial charge in [-0.05, 0) is 48.7 Å². The first-order valence-corrected chi connectivity index (χ1v) is 8.63. The van der Waals surface area contributed by atoms with Crippen LogP contribution in [-0.4, -0.2) is 39.2 Å². The van der Waals surface area contributed by atoms with Crippen LogP contribution < -0.4 is 10.1 Å². The number of anilines is 1. The van der Waals surface area contributed by atoms with E-state index in [1.807, 2.05) is 25.1 Å². The molecule has 2 aromatic carbocycles. The molecule has 0 spiro atoms. The van der Waals surface area contributed by atoms with E-state index < -0.39 is 11.9 Å². The van der Waals surface area contributed by atoms with Crippen LogP contribution in [0.25, 0.3) is 0 Å². The van der Waals surface area contributed by atoms with Gasteiger partial charge in [0.25, 0.3) is 0 Å². The van der Waals surface area contributed by atoms with E-state index in [0.717, 1.165) is 16.9 Å². The lowest BCUT2D eigenvalue weighted by atomic mass is 10.1. The molecule has 0 atom stereocenters. The van der Waals surface area contributed by atoms with Crippen LogP contribution in [0.4, 0.5) is 5.69 Å². The molecule has 0 saturated carbocycles. The van der Waals surface area contributed by atoms with Gasteiger partial charge in [-0.15, -0.1) is 0 Å². The summed E-state index contributed by atoms with van der Waals surface area (Å²) in [5.41, 5.74) is 2.61. The summed E-state index contributed by atoms with van der Waals surface area (Å²) in [6, 6.07) is 10.0. The molecule has 1 N–H and O–H groups in total. The molecule has 0 aliphatic carbocycles. The van der Waals surface area contributed by atoms with Crippen molar-refractivity contribution in [3.8, 4) is 5.75 Å². The Labute approximate surface area is 163 Å². The van der Waals surface area contributed by atoms with E-state index >= 15 is 0 Å². The Morgan fingerprint density at radius 2 is 1.50 bits per heavy atom. The van der Waals surface area contributed by atoms with Gasteiger partial charge in [-0.25, -0.2) is 9.59 Å². The molecule has 2 rings (SSSR count). The molecule has 0 saturated heterocycles. The maximum absolute atomic E-state index is 12.3. The number of hydrogen-bond donors (Lipinski definition) is 1. The number of rotatable bonds is 7. The molecule has 148 valence electrons. The number of aryl methyl sites for hydroxylation is 2. The van der Waals surface area contributed by atoms with Crippen molar-refractivity contribution in [1.29, 1.82) is 0 Å². The average molecular weight is 385 g/mol.